The van der Waals surface area contributed by atoms with Crippen molar-refractivity contribution in [2.45, 2.75) is 95.6 Å². The Morgan fingerprint density at radius 2 is 1.88 bits per heavy atom. The number of nitrogens with one attached hydrogen (secondary N) is 2. The van der Waals surface area contributed by atoms with Crippen molar-refractivity contribution in [2.75, 3.05) is 26.7 Å². The number of hydrogen-bond acceptors (Lipinski definition) is 3. The Hall–Kier alpha value is -1.59. The molecule has 33 heavy (non-hydrogen) atoms. The molecule has 3 rings (SSSR count). The van der Waals surface area contributed by atoms with Crippen LogP contribution in [0.5, 0.6) is 0 Å². The first kappa shape index (κ1) is 26.0. The predicted octanol–water partition coefficient (Wildman–Crippen LogP) is 5.43. The Balaban J connectivity index is 1.65. The van der Waals surface area contributed by atoms with Gasteiger partial charge in [0.1, 0.15) is 0 Å². The lowest BCUT2D eigenvalue weighted by atomic mass is 9.74. The van der Waals surface area contributed by atoms with Crippen molar-refractivity contribution in [1.29, 1.82) is 0 Å². The van der Waals surface area contributed by atoms with E-state index >= 15 is 0 Å². The Kier molecular flexibility index (Phi) is 10.5. The number of amides is 2. The monoisotopic (exact) mass is 457 g/mol. The zero-order valence-electron chi connectivity index (χ0n) is 21.0. The van der Waals surface area contributed by atoms with Crippen molar-refractivity contribution in [2.24, 2.45) is 11.8 Å². The molecular formula is C28H47N3O2. The van der Waals surface area contributed by atoms with Gasteiger partial charge in [-0.05, 0) is 44.2 Å². The largest absolute Gasteiger partial charge is 0.385 e. The number of nitrogens with zero attached hydrogens (tertiary/aromatic N) is 1. The van der Waals surface area contributed by atoms with Gasteiger partial charge in [-0.2, -0.15) is 0 Å². The molecule has 1 heterocycles. The number of carbonyl (C=O) groups excluding carboxylic acids is 1. The molecule has 0 spiro atoms. The Labute approximate surface area is 201 Å². The average molecular weight is 458 g/mol. The summed E-state index contributed by atoms with van der Waals surface area (Å²) in [6, 6.07) is 10.4. The van der Waals surface area contributed by atoms with Crippen molar-refractivity contribution >= 4 is 6.03 Å². The Morgan fingerprint density at radius 3 is 2.58 bits per heavy atom. The Morgan fingerprint density at radius 1 is 1.12 bits per heavy atom. The molecule has 5 heteroatoms. The minimum atomic E-state index is -0.873. The number of likely N-dealkylation sites (N-methyl/N-ethyl adjacent to an activating group) is 1. The van der Waals surface area contributed by atoms with E-state index in [1.807, 2.05) is 30.1 Å². The Bertz CT molecular complexity index is 692. The number of urea groups is 1. The molecule has 0 unspecified atom stereocenters. The highest BCUT2D eigenvalue weighted by molar-refractivity contribution is 5.74. The normalized spacial score (nSPS) is 22.5. The molecule has 0 radical (unpaired) electrons. The maximum Gasteiger partial charge on any atom is 0.317 e. The first-order valence-corrected chi connectivity index (χ1v) is 13.5. The van der Waals surface area contributed by atoms with Crippen LogP contribution in [0.2, 0.25) is 0 Å². The minimum absolute atomic E-state index is 0.0414. The molecule has 2 fully saturated rings. The predicted molar refractivity (Wildman–Crippen MR) is 136 cm³/mol. The molecule has 186 valence electrons. The number of carbonyl (C=O) groups is 1. The molecule has 1 saturated heterocycles. The van der Waals surface area contributed by atoms with Crippen molar-refractivity contribution in [3.05, 3.63) is 35.9 Å². The fraction of sp³-hybridized carbons (Fsp3) is 0.750. The molecule has 2 amide bonds. The molecule has 0 aromatic heterocycles. The lowest BCUT2D eigenvalue weighted by molar-refractivity contribution is -0.0557. The summed E-state index contributed by atoms with van der Waals surface area (Å²) in [4.78, 5) is 15.3. The molecule has 0 bridgehead atoms. The van der Waals surface area contributed by atoms with E-state index in [-0.39, 0.29) is 18.0 Å². The number of piperidine rings is 1. The van der Waals surface area contributed by atoms with E-state index < -0.39 is 5.60 Å². The van der Waals surface area contributed by atoms with Crippen LogP contribution < -0.4 is 10.6 Å². The summed E-state index contributed by atoms with van der Waals surface area (Å²) in [6.07, 6.45) is 13.6. The summed E-state index contributed by atoms with van der Waals surface area (Å²) < 4.78 is 0. The highest BCUT2D eigenvalue weighted by Crippen LogP contribution is 2.39. The molecule has 1 aliphatic carbocycles. The van der Waals surface area contributed by atoms with E-state index in [1.165, 1.54) is 32.1 Å². The third kappa shape index (κ3) is 7.45. The van der Waals surface area contributed by atoms with Crippen LogP contribution in [0.1, 0.15) is 89.5 Å². The molecular weight excluding hydrogens is 410 g/mol. The van der Waals surface area contributed by atoms with E-state index in [0.717, 1.165) is 69.5 Å². The van der Waals surface area contributed by atoms with Crippen molar-refractivity contribution in [1.82, 2.24) is 15.5 Å². The quantitative estimate of drug-likeness (QED) is 0.388. The van der Waals surface area contributed by atoms with Gasteiger partial charge < -0.3 is 20.6 Å². The van der Waals surface area contributed by atoms with Gasteiger partial charge in [0.2, 0.25) is 0 Å². The second kappa shape index (κ2) is 13.3. The number of hydrogen-bond donors (Lipinski definition) is 3. The van der Waals surface area contributed by atoms with E-state index in [2.05, 4.69) is 29.7 Å². The number of aliphatic hydroxyl groups is 1. The molecule has 3 N–H and O–H groups in total. The molecule has 1 aromatic rings. The average Bonchev–Trinajstić information content (AvgIpc) is 2.85. The second-order valence-corrected chi connectivity index (χ2v) is 10.5. The first-order chi connectivity index (χ1) is 16.1. The summed E-state index contributed by atoms with van der Waals surface area (Å²) >= 11 is 0. The van der Waals surface area contributed by atoms with Gasteiger partial charge in [0.25, 0.3) is 0 Å². The van der Waals surface area contributed by atoms with Crippen LogP contribution in [-0.4, -0.2) is 48.8 Å². The minimum Gasteiger partial charge on any atom is -0.385 e. The SMILES string of the molecule is CCCCC[C@@](O)(c1ccccc1)[C@@H]1CCCN(C(=O)N[C@H](CNC)CC2CCCCC2)C1. The van der Waals surface area contributed by atoms with Gasteiger partial charge in [0.05, 0.1) is 5.60 Å². The number of likely N-dealkylation sites (tertiary alicyclic amines) is 1. The van der Waals surface area contributed by atoms with Crippen molar-refractivity contribution in [3.8, 4) is 0 Å². The van der Waals surface area contributed by atoms with Crippen LogP contribution in [0, 0.1) is 11.8 Å². The summed E-state index contributed by atoms with van der Waals surface area (Å²) in [5.41, 5.74) is 0.126. The first-order valence-electron chi connectivity index (χ1n) is 13.5. The zero-order chi connectivity index (χ0) is 23.5. The fourth-order valence-electron chi connectivity index (χ4n) is 6.04. The summed E-state index contributed by atoms with van der Waals surface area (Å²) in [5.74, 6) is 0.797. The van der Waals surface area contributed by atoms with Crippen LogP contribution in [-0.2, 0) is 5.60 Å². The lowest BCUT2D eigenvalue weighted by Gasteiger charge is -2.43. The standard InChI is InChI=1S/C28H47N3O2/c1-3-4-11-18-28(33,24-15-9-6-10-16-24)25-17-12-19-31(22-25)27(32)30-26(21-29-2)20-23-13-7-5-8-14-23/h6,9-10,15-16,23,25-26,29,33H,3-5,7-8,11-14,17-22H2,1-2H3,(H,30,32)/t25-,26+,28-/m1/s1. The van der Waals surface area contributed by atoms with Gasteiger partial charge in [-0.15, -0.1) is 0 Å². The number of unbranched alkanes of at least 4 members (excludes halogenated alkanes) is 2. The van der Waals surface area contributed by atoms with Gasteiger partial charge in [0, 0.05) is 31.6 Å². The van der Waals surface area contributed by atoms with Crippen LogP contribution >= 0.6 is 0 Å². The molecule has 2 aliphatic rings. The van der Waals surface area contributed by atoms with Crippen LogP contribution in [0.15, 0.2) is 30.3 Å². The van der Waals surface area contributed by atoms with Crippen molar-refractivity contribution < 1.29 is 9.90 Å². The van der Waals surface area contributed by atoms with E-state index in [9.17, 15) is 9.90 Å². The van der Waals surface area contributed by atoms with Gasteiger partial charge in [0.15, 0.2) is 0 Å². The zero-order valence-corrected chi connectivity index (χ0v) is 21.0. The smallest absolute Gasteiger partial charge is 0.317 e. The third-order valence-electron chi connectivity index (χ3n) is 7.94. The molecule has 5 nitrogen and oxygen atoms in total. The molecule has 1 aromatic carbocycles. The van der Waals surface area contributed by atoms with Gasteiger partial charge >= 0.3 is 6.03 Å². The summed E-state index contributed by atoms with van der Waals surface area (Å²) in [6.45, 7) is 4.41. The van der Waals surface area contributed by atoms with Gasteiger partial charge in [-0.25, -0.2) is 4.79 Å². The van der Waals surface area contributed by atoms with Crippen LogP contribution in [0.3, 0.4) is 0 Å². The van der Waals surface area contributed by atoms with Crippen LogP contribution in [0.4, 0.5) is 4.79 Å². The van der Waals surface area contributed by atoms with Gasteiger partial charge in [-0.3, -0.25) is 0 Å². The molecule has 1 aliphatic heterocycles. The molecule has 3 atom stereocenters. The third-order valence-corrected chi connectivity index (χ3v) is 7.94. The number of rotatable bonds is 11. The van der Waals surface area contributed by atoms with E-state index in [1.54, 1.807) is 0 Å². The maximum atomic E-state index is 13.3. The highest BCUT2D eigenvalue weighted by Gasteiger charge is 2.41. The molecule has 1 saturated carbocycles. The maximum absolute atomic E-state index is 13.3. The number of benzene rings is 1. The lowest BCUT2D eigenvalue weighted by Crippen LogP contribution is -2.54. The van der Waals surface area contributed by atoms with Crippen molar-refractivity contribution in [3.63, 3.8) is 0 Å². The summed E-state index contributed by atoms with van der Waals surface area (Å²) in [5, 5.41) is 18.6. The summed E-state index contributed by atoms with van der Waals surface area (Å²) in [7, 11) is 1.97. The fourth-order valence-corrected chi connectivity index (χ4v) is 6.04. The van der Waals surface area contributed by atoms with E-state index in [0.29, 0.717) is 6.54 Å². The van der Waals surface area contributed by atoms with Gasteiger partial charge in [-0.1, -0.05) is 88.6 Å². The topological polar surface area (TPSA) is 64.6 Å². The second-order valence-electron chi connectivity index (χ2n) is 10.5. The highest BCUT2D eigenvalue weighted by atomic mass is 16.3. The van der Waals surface area contributed by atoms with Crippen LogP contribution in [0.25, 0.3) is 0 Å². The van der Waals surface area contributed by atoms with E-state index in [4.69, 9.17) is 0 Å².